The van der Waals surface area contributed by atoms with E-state index in [1.54, 1.807) is 36.4 Å². The lowest BCUT2D eigenvalue weighted by molar-refractivity contribution is -0.118. The minimum Gasteiger partial charge on any atom is -0.493 e. The van der Waals surface area contributed by atoms with Gasteiger partial charge < -0.3 is 44.2 Å². The number of amides is 2. The van der Waals surface area contributed by atoms with Crippen molar-refractivity contribution in [2.75, 3.05) is 27.4 Å². The van der Waals surface area contributed by atoms with Crippen LogP contribution in [0.15, 0.2) is 76.7 Å². The number of hydrogen-bond donors (Lipinski definition) is 4. The Hall–Kier alpha value is -4.18. The first-order valence-corrected chi connectivity index (χ1v) is 15.8. The van der Waals surface area contributed by atoms with E-state index in [9.17, 15) is 29.3 Å². The monoisotopic (exact) mass is 760 g/mol. The van der Waals surface area contributed by atoms with E-state index in [0.29, 0.717) is 37.2 Å². The Balaban J connectivity index is 1.58. The van der Waals surface area contributed by atoms with E-state index in [1.807, 2.05) is 22.6 Å². The fourth-order valence-electron chi connectivity index (χ4n) is 5.46. The number of fused-ring (bicyclic) bond motifs is 1. The molecule has 1 aliphatic carbocycles. The SMILES string of the molecule is COc1cc(CO)cc(I)c1OC1C=C(C(=O)NCCO)CC(N(Cc2ccc(F)cc2)C(=O)c2cc3cccc(OC)c3o2)C1O. The number of hydrogen-bond acceptors (Lipinski definition) is 9. The molecule has 47 heavy (non-hydrogen) atoms. The molecule has 5 rings (SSSR count). The van der Waals surface area contributed by atoms with Gasteiger partial charge in [0, 0.05) is 30.5 Å². The van der Waals surface area contributed by atoms with Crippen molar-refractivity contribution in [3.63, 3.8) is 0 Å². The van der Waals surface area contributed by atoms with Crippen LogP contribution in [0.25, 0.3) is 11.0 Å². The zero-order valence-electron chi connectivity index (χ0n) is 25.6. The van der Waals surface area contributed by atoms with Crippen LogP contribution < -0.4 is 19.5 Å². The first-order chi connectivity index (χ1) is 22.7. The zero-order chi connectivity index (χ0) is 33.7. The van der Waals surface area contributed by atoms with Crippen LogP contribution in [0.1, 0.15) is 28.1 Å². The summed E-state index contributed by atoms with van der Waals surface area (Å²) in [6, 6.07) is 14.7. The highest BCUT2D eigenvalue weighted by Crippen LogP contribution is 2.38. The number of carbonyl (C=O) groups is 2. The molecular formula is C34H34FIN2O9. The molecule has 0 radical (unpaired) electrons. The average molecular weight is 761 g/mol. The summed E-state index contributed by atoms with van der Waals surface area (Å²) < 4.78 is 37.6. The van der Waals surface area contributed by atoms with Gasteiger partial charge in [0.05, 0.1) is 37.0 Å². The molecule has 3 unspecified atom stereocenters. The second kappa shape index (κ2) is 15.2. The van der Waals surface area contributed by atoms with Crippen LogP contribution in [-0.4, -0.2) is 77.7 Å². The van der Waals surface area contributed by atoms with Crippen LogP contribution >= 0.6 is 22.6 Å². The molecule has 0 saturated heterocycles. The molecule has 0 aliphatic heterocycles. The Morgan fingerprint density at radius 2 is 1.79 bits per heavy atom. The molecule has 1 heterocycles. The van der Waals surface area contributed by atoms with Crippen LogP contribution in [0, 0.1) is 9.39 Å². The van der Waals surface area contributed by atoms with Crippen molar-refractivity contribution in [2.24, 2.45) is 0 Å². The maximum absolute atomic E-state index is 14.3. The first-order valence-electron chi connectivity index (χ1n) is 14.7. The molecule has 0 spiro atoms. The summed E-state index contributed by atoms with van der Waals surface area (Å²) in [6.07, 6.45) is -1.11. The molecule has 13 heteroatoms. The van der Waals surface area contributed by atoms with Crippen molar-refractivity contribution in [2.45, 2.75) is 37.8 Å². The van der Waals surface area contributed by atoms with Gasteiger partial charge in [-0.3, -0.25) is 9.59 Å². The average Bonchev–Trinajstić information content (AvgIpc) is 3.53. The summed E-state index contributed by atoms with van der Waals surface area (Å²) in [5.41, 5.74) is 1.72. The number of nitrogens with zero attached hydrogens (tertiary/aromatic N) is 1. The third-order valence-corrected chi connectivity index (χ3v) is 8.61. The number of halogens is 2. The molecule has 2 amide bonds. The number of rotatable bonds is 12. The highest BCUT2D eigenvalue weighted by atomic mass is 127. The lowest BCUT2D eigenvalue weighted by Gasteiger charge is -2.40. The zero-order valence-corrected chi connectivity index (χ0v) is 27.8. The van der Waals surface area contributed by atoms with E-state index < -0.39 is 35.9 Å². The van der Waals surface area contributed by atoms with Crippen LogP contribution in [0.5, 0.6) is 17.2 Å². The Morgan fingerprint density at radius 3 is 2.47 bits per heavy atom. The van der Waals surface area contributed by atoms with Gasteiger partial charge >= 0.3 is 0 Å². The fraction of sp³-hybridized carbons (Fsp3) is 0.294. The maximum atomic E-state index is 14.3. The van der Waals surface area contributed by atoms with Gasteiger partial charge in [0.2, 0.25) is 5.91 Å². The van der Waals surface area contributed by atoms with Crippen LogP contribution in [0.3, 0.4) is 0 Å². The molecule has 11 nitrogen and oxygen atoms in total. The summed E-state index contributed by atoms with van der Waals surface area (Å²) in [6.45, 7) is -0.603. The molecule has 4 N–H and O–H groups in total. The topological polar surface area (TPSA) is 151 Å². The number of furan rings is 1. The summed E-state index contributed by atoms with van der Waals surface area (Å²) in [4.78, 5) is 29.0. The molecule has 4 aromatic rings. The van der Waals surface area contributed by atoms with Gasteiger partial charge in [-0.15, -0.1) is 0 Å². The van der Waals surface area contributed by atoms with Gasteiger partial charge in [0.1, 0.15) is 18.0 Å². The predicted octanol–water partition coefficient (Wildman–Crippen LogP) is 3.94. The molecule has 0 fully saturated rings. The molecule has 3 aromatic carbocycles. The second-order valence-electron chi connectivity index (χ2n) is 10.8. The normalized spacial score (nSPS) is 17.6. The number of ether oxygens (including phenoxy) is 3. The van der Waals surface area contributed by atoms with Crippen molar-refractivity contribution in [1.29, 1.82) is 0 Å². The van der Waals surface area contributed by atoms with E-state index in [0.717, 1.165) is 0 Å². The summed E-state index contributed by atoms with van der Waals surface area (Å²) in [5, 5.41) is 34.2. The minimum absolute atomic E-state index is 0.0116. The van der Waals surface area contributed by atoms with Gasteiger partial charge in [0.25, 0.3) is 5.91 Å². The Kier molecular flexibility index (Phi) is 11.0. The Bertz CT molecular complexity index is 1780. The standard InChI is InChI=1S/C34H34FIN2O9/c1-44-26-5-3-4-21-15-29(47-31(21)26)34(43)38(17-19-6-8-23(35)9-7-19)25-14-22(33(42)37-10-11-39)16-27(30(25)41)46-32-24(36)12-20(18-40)13-28(32)45-2/h3-9,12-13,15-16,25,27,30,39-41H,10-11,14,17-18H2,1-2H3,(H,37,42). The number of nitrogens with one attached hydrogen (secondary N) is 1. The molecule has 248 valence electrons. The Labute approximate surface area is 283 Å². The summed E-state index contributed by atoms with van der Waals surface area (Å²) in [5.74, 6) is -0.597. The number of methoxy groups -OCH3 is 2. The van der Waals surface area contributed by atoms with E-state index in [2.05, 4.69) is 5.32 Å². The molecule has 0 bridgehead atoms. The third-order valence-electron chi connectivity index (χ3n) is 7.81. The number of benzene rings is 3. The molecule has 0 saturated carbocycles. The van der Waals surface area contributed by atoms with E-state index in [1.165, 1.54) is 49.5 Å². The molecule has 3 atom stereocenters. The van der Waals surface area contributed by atoms with Crippen molar-refractivity contribution in [3.05, 3.63) is 98.6 Å². The summed E-state index contributed by atoms with van der Waals surface area (Å²) >= 11 is 2.02. The minimum atomic E-state index is -1.37. The Morgan fingerprint density at radius 1 is 1.04 bits per heavy atom. The number of aliphatic hydroxyl groups is 3. The highest BCUT2D eigenvalue weighted by molar-refractivity contribution is 14.1. The van der Waals surface area contributed by atoms with Crippen LogP contribution in [-0.2, 0) is 17.9 Å². The van der Waals surface area contributed by atoms with Gasteiger partial charge in [-0.05, 0) is 76.2 Å². The third kappa shape index (κ3) is 7.53. The van der Waals surface area contributed by atoms with E-state index in [4.69, 9.17) is 18.6 Å². The van der Waals surface area contributed by atoms with Gasteiger partial charge in [0.15, 0.2) is 28.6 Å². The van der Waals surface area contributed by atoms with Gasteiger partial charge in [-0.25, -0.2) is 4.39 Å². The smallest absolute Gasteiger partial charge is 0.290 e. The lowest BCUT2D eigenvalue weighted by atomic mass is 9.87. The largest absolute Gasteiger partial charge is 0.493 e. The second-order valence-corrected chi connectivity index (χ2v) is 12.0. The van der Waals surface area contributed by atoms with Crippen molar-refractivity contribution in [3.8, 4) is 17.2 Å². The predicted molar refractivity (Wildman–Crippen MR) is 178 cm³/mol. The summed E-state index contributed by atoms with van der Waals surface area (Å²) in [7, 11) is 2.93. The fourth-order valence-corrected chi connectivity index (χ4v) is 6.26. The van der Waals surface area contributed by atoms with E-state index in [-0.39, 0.29) is 49.8 Å². The van der Waals surface area contributed by atoms with Crippen molar-refractivity contribution < 1.29 is 47.9 Å². The molecule has 1 aromatic heterocycles. The maximum Gasteiger partial charge on any atom is 0.290 e. The number of aliphatic hydroxyl groups excluding tert-OH is 3. The van der Waals surface area contributed by atoms with Crippen molar-refractivity contribution >= 4 is 45.4 Å². The van der Waals surface area contributed by atoms with Crippen LogP contribution in [0.2, 0.25) is 0 Å². The first kappa shape index (κ1) is 34.2. The number of carbonyl (C=O) groups excluding carboxylic acids is 2. The van der Waals surface area contributed by atoms with Crippen LogP contribution in [0.4, 0.5) is 4.39 Å². The van der Waals surface area contributed by atoms with E-state index >= 15 is 0 Å². The van der Waals surface area contributed by atoms with Gasteiger partial charge in [-0.1, -0.05) is 24.3 Å². The van der Waals surface area contributed by atoms with Gasteiger partial charge in [-0.2, -0.15) is 0 Å². The lowest BCUT2D eigenvalue weighted by Crippen LogP contribution is -2.54. The molecule has 1 aliphatic rings. The number of para-hydroxylation sites is 1. The molecular weight excluding hydrogens is 726 g/mol. The quantitative estimate of drug-likeness (QED) is 0.158. The van der Waals surface area contributed by atoms with Crippen molar-refractivity contribution in [1.82, 2.24) is 10.2 Å². The highest BCUT2D eigenvalue weighted by Gasteiger charge is 2.42.